The number of aromatic nitrogens is 2. The van der Waals surface area contributed by atoms with Gasteiger partial charge >= 0.3 is 0 Å². The van der Waals surface area contributed by atoms with Gasteiger partial charge in [-0.3, -0.25) is 9.69 Å². The molecule has 0 aliphatic carbocycles. The number of hydrogen-bond acceptors (Lipinski definition) is 6. The Kier molecular flexibility index (Phi) is 6.03. The van der Waals surface area contributed by atoms with E-state index >= 15 is 0 Å². The standard InChI is InChI=1S/C21H22N4O2S2/c1-27-17-6-4-15(5-7-17)20-23-16(14-29-20)13-24-9-11-25(12-10-24)21(26)18-3-2-8-22-19(18)28/h2-8,14H,9-13H2,1H3,(H,22,28). The fourth-order valence-corrected chi connectivity index (χ4v) is 4.38. The highest BCUT2D eigenvalue weighted by Gasteiger charge is 2.23. The van der Waals surface area contributed by atoms with Gasteiger partial charge in [-0.1, -0.05) is 12.2 Å². The Hall–Kier alpha value is -2.55. The molecule has 1 saturated heterocycles. The van der Waals surface area contributed by atoms with Crippen LogP contribution in [-0.2, 0) is 6.54 Å². The molecule has 1 aromatic carbocycles. The third-order valence-electron chi connectivity index (χ3n) is 4.98. The minimum atomic E-state index is 0.00181. The van der Waals surface area contributed by atoms with Crippen molar-refractivity contribution in [2.75, 3.05) is 33.3 Å². The number of H-pyrrole nitrogens is 1. The topological polar surface area (TPSA) is 61.5 Å². The summed E-state index contributed by atoms with van der Waals surface area (Å²) in [6, 6.07) is 11.5. The fourth-order valence-electron chi connectivity index (χ4n) is 3.34. The number of carbonyl (C=O) groups excluding carboxylic acids is 1. The number of piperazine rings is 1. The number of rotatable bonds is 5. The molecule has 1 N–H and O–H groups in total. The van der Waals surface area contributed by atoms with Crippen molar-refractivity contribution >= 4 is 29.5 Å². The summed E-state index contributed by atoms with van der Waals surface area (Å²) in [5.41, 5.74) is 2.72. The summed E-state index contributed by atoms with van der Waals surface area (Å²) >= 11 is 6.89. The maximum atomic E-state index is 12.7. The Bertz CT molecular complexity index is 1040. The monoisotopic (exact) mass is 426 g/mol. The minimum absolute atomic E-state index is 0.00181. The van der Waals surface area contributed by atoms with E-state index < -0.39 is 0 Å². The summed E-state index contributed by atoms with van der Waals surface area (Å²) in [6.45, 7) is 3.82. The summed E-state index contributed by atoms with van der Waals surface area (Å²) in [5.74, 6) is 0.844. The molecule has 6 nitrogen and oxygen atoms in total. The molecule has 0 spiro atoms. The highest BCUT2D eigenvalue weighted by atomic mass is 32.1. The van der Waals surface area contributed by atoms with Gasteiger partial charge in [0.1, 0.15) is 15.4 Å². The molecular formula is C21H22N4O2S2. The Morgan fingerprint density at radius 1 is 1.21 bits per heavy atom. The van der Waals surface area contributed by atoms with Gasteiger partial charge in [-0.15, -0.1) is 11.3 Å². The molecule has 1 fully saturated rings. The zero-order valence-corrected chi connectivity index (χ0v) is 17.8. The average molecular weight is 427 g/mol. The van der Waals surface area contributed by atoms with Crippen molar-refractivity contribution in [2.24, 2.45) is 0 Å². The van der Waals surface area contributed by atoms with Crippen molar-refractivity contribution in [1.29, 1.82) is 0 Å². The predicted octanol–water partition coefficient (Wildman–Crippen LogP) is 3.83. The lowest BCUT2D eigenvalue weighted by molar-refractivity contribution is 0.0626. The predicted molar refractivity (Wildman–Crippen MR) is 117 cm³/mol. The number of ether oxygens (including phenoxy) is 1. The Balaban J connectivity index is 1.34. The van der Waals surface area contributed by atoms with Gasteiger partial charge in [-0.2, -0.15) is 0 Å². The van der Waals surface area contributed by atoms with Crippen LogP contribution in [0.3, 0.4) is 0 Å². The van der Waals surface area contributed by atoms with E-state index in [1.54, 1.807) is 30.7 Å². The van der Waals surface area contributed by atoms with Crippen molar-refractivity contribution in [3.05, 3.63) is 63.9 Å². The molecule has 1 aliphatic heterocycles. The van der Waals surface area contributed by atoms with E-state index in [0.717, 1.165) is 41.6 Å². The second-order valence-corrected chi connectivity index (χ2v) is 8.12. The number of amides is 1. The Labute approximate surface area is 178 Å². The molecule has 0 radical (unpaired) electrons. The van der Waals surface area contributed by atoms with Crippen LogP contribution >= 0.6 is 23.6 Å². The van der Waals surface area contributed by atoms with Gasteiger partial charge in [-0.25, -0.2) is 4.98 Å². The number of nitrogens with zero attached hydrogens (tertiary/aromatic N) is 3. The molecule has 8 heteroatoms. The van der Waals surface area contributed by atoms with Gasteiger partial charge in [0.15, 0.2) is 0 Å². The molecule has 150 valence electrons. The highest BCUT2D eigenvalue weighted by molar-refractivity contribution is 7.71. The first-order valence-corrected chi connectivity index (χ1v) is 10.7. The zero-order chi connectivity index (χ0) is 20.2. The smallest absolute Gasteiger partial charge is 0.256 e. The van der Waals surface area contributed by atoms with E-state index in [1.165, 1.54) is 0 Å². The SMILES string of the molecule is COc1ccc(-c2nc(CN3CCN(C(=O)c4ccc[nH]c4=S)CC3)cs2)cc1. The van der Waals surface area contributed by atoms with Gasteiger partial charge in [0.05, 0.1) is 18.4 Å². The van der Waals surface area contributed by atoms with Crippen molar-refractivity contribution in [3.8, 4) is 16.3 Å². The number of benzene rings is 1. The summed E-state index contributed by atoms with van der Waals surface area (Å²) in [5, 5.41) is 3.12. The molecule has 0 unspecified atom stereocenters. The van der Waals surface area contributed by atoms with E-state index in [2.05, 4.69) is 15.3 Å². The maximum absolute atomic E-state index is 12.7. The number of hydrogen-bond donors (Lipinski definition) is 1. The molecule has 3 aromatic rings. The van der Waals surface area contributed by atoms with E-state index in [9.17, 15) is 4.79 Å². The third-order valence-corrected chi connectivity index (χ3v) is 6.26. The average Bonchev–Trinajstić information content (AvgIpc) is 3.23. The number of methoxy groups -OCH3 is 1. The number of aromatic amines is 1. The van der Waals surface area contributed by atoms with Crippen molar-refractivity contribution in [2.45, 2.75) is 6.54 Å². The normalized spacial score (nSPS) is 14.7. The highest BCUT2D eigenvalue weighted by Crippen LogP contribution is 2.26. The van der Waals surface area contributed by atoms with E-state index in [4.69, 9.17) is 21.9 Å². The minimum Gasteiger partial charge on any atom is -0.497 e. The van der Waals surface area contributed by atoms with Crippen molar-refractivity contribution in [3.63, 3.8) is 0 Å². The molecule has 0 bridgehead atoms. The first kappa shape index (κ1) is 19.8. The molecule has 0 atom stereocenters. The van der Waals surface area contributed by atoms with Gasteiger partial charge in [0, 0.05) is 49.9 Å². The number of thiazole rings is 1. The Morgan fingerprint density at radius 2 is 1.97 bits per heavy atom. The molecule has 1 amide bonds. The van der Waals surface area contributed by atoms with Crippen LogP contribution in [0.1, 0.15) is 16.1 Å². The quantitative estimate of drug-likeness (QED) is 0.628. The molecular weight excluding hydrogens is 404 g/mol. The lowest BCUT2D eigenvalue weighted by atomic mass is 10.2. The van der Waals surface area contributed by atoms with E-state index in [-0.39, 0.29) is 5.91 Å². The fraction of sp³-hybridized carbons (Fsp3) is 0.286. The molecule has 2 aromatic heterocycles. The molecule has 1 aliphatic rings. The second kappa shape index (κ2) is 8.86. The van der Waals surface area contributed by atoms with Crippen LogP contribution in [0.2, 0.25) is 0 Å². The van der Waals surface area contributed by atoms with E-state index in [1.807, 2.05) is 35.2 Å². The van der Waals surface area contributed by atoms with Crippen LogP contribution in [0, 0.1) is 4.64 Å². The van der Waals surface area contributed by atoms with Gasteiger partial charge in [0.25, 0.3) is 5.91 Å². The third kappa shape index (κ3) is 4.55. The van der Waals surface area contributed by atoms with Crippen LogP contribution in [0.5, 0.6) is 5.75 Å². The van der Waals surface area contributed by atoms with Gasteiger partial charge < -0.3 is 14.6 Å². The first-order valence-electron chi connectivity index (χ1n) is 9.42. The maximum Gasteiger partial charge on any atom is 0.256 e. The second-order valence-electron chi connectivity index (χ2n) is 6.85. The molecule has 0 saturated carbocycles. The van der Waals surface area contributed by atoms with Crippen LogP contribution in [0.15, 0.2) is 48.0 Å². The molecule has 4 rings (SSSR count). The van der Waals surface area contributed by atoms with Crippen molar-refractivity contribution < 1.29 is 9.53 Å². The summed E-state index contributed by atoms with van der Waals surface area (Å²) in [7, 11) is 1.66. The molecule has 29 heavy (non-hydrogen) atoms. The summed E-state index contributed by atoms with van der Waals surface area (Å²) < 4.78 is 5.71. The lowest BCUT2D eigenvalue weighted by Gasteiger charge is -2.34. The van der Waals surface area contributed by atoms with Gasteiger partial charge in [-0.05, 0) is 36.4 Å². The van der Waals surface area contributed by atoms with E-state index in [0.29, 0.717) is 23.3 Å². The van der Waals surface area contributed by atoms with Crippen LogP contribution in [0.25, 0.3) is 10.6 Å². The van der Waals surface area contributed by atoms with Gasteiger partial charge in [0.2, 0.25) is 0 Å². The number of pyridine rings is 1. The first-order chi connectivity index (χ1) is 14.1. The largest absolute Gasteiger partial charge is 0.497 e. The van der Waals surface area contributed by atoms with Crippen LogP contribution in [-0.4, -0.2) is 59.0 Å². The lowest BCUT2D eigenvalue weighted by Crippen LogP contribution is -2.48. The summed E-state index contributed by atoms with van der Waals surface area (Å²) in [4.78, 5) is 24.6. The number of carbonyl (C=O) groups is 1. The van der Waals surface area contributed by atoms with Crippen LogP contribution in [0.4, 0.5) is 0 Å². The molecule has 3 heterocycles. The number of nitrogens with one attached hydrogen (secondary N) is 1. The van der Waals surface area contributed by atoms with Crippen LogP contribution < -0.4 is 4.74 Å². The Morgan fingerprint density at radius 3 is 2.66 bits per heavy atom. The summed E-state index contributed by atoms with van der Waals surface area (Å²) in [6.07, 6.45) is 1.74. The zero-order valence-electron chi connectivity index (χ0n) is 16.1. The van der Waals surface area contributed by atoms with Crippen molar-refractivity contribution in [1.82, 2.24) is 19.8 Å².